The normalized spacial score (nSPS) is 11.0. The molecule has 0 spiro atoms. The number of nitrogens with two attached hydrogens (primary N) is 1. The van der Waals surface area contributed by atoms with Gasteiger partial charge >= 0.3 is 12.2 Å². The summed E-state index contributed by atoms with van der Waals surface area (Å²) >= 11 is 11.8. The van der Waals surface area contributed by atoms with Crippen LogP contribution >= 0.6 is 23.2 Å². The second kappa shape index (κ2) is 6.70. The number of hydrogen-bond donors (Lipinski definition) is 2. The highest BCUT2D eigenvalue weighted by Crippen LogP contribution is 2.46. The number of rotatable bonds is 2. The van der Waals surface area contributed by atoms with Crippen LogP contribution in [0.3, 0.4) is 0 Å². The van der Waals surface area contributed by atoms with Gasteiger partial charge in [0.2, 0.25) is 0 Å². The third-order valence-corrected chi connectivity index (χ3v) is 4.00. The van der Waals surface area contributed by atoms with E-state index < -0.39 is 34.8 Å². The van der Waals surface area contributed by atoms with E-state index in [0.29, 0.717) is 4.90 Å². The van der Waals surface area contributed by atoms with Gasteiger partial charge in [0.15, 0.2) is 5.75 Å². The molecule has 0 saturated heterocycles. The summed E-state index contributed by atoms with van der Waals surface area (Å²) in [5.41, 5.74) is 2.13. The molecule has 0 fully saturated rings. The summed E-state index contributed by atoms with van der Waals surface area (Å²) in [5.74, 6) is -1.33. The third kappa shape index (κ3) is 3.43. The van der Waals surface area contributed by atoms with E-state index >= 15 is 0 Å². The predicted octanol–water partition coefficient (Wildman–Crippen LogP) is 4.81. The summed E-state index contributed by atoms with van der Waals surface area (Å²) in [5, 5.41) is 18.8. The Kier molecular flexibility index (Phi) is 5.02. The number of anilines is 2. The Labute approximate surface area is 149 Å². The lowest BCUT2D eigenvalue weighted by molar-refractivity contribution is -0.138. The van der Waals surface area contributed by atoms with E-state index in [9.17, 15) is 23.1 Å². The fourth-order valence-electron chi connectivity index (χ4n) is 2.17. The van der Waals surface area contributed by atoms with Crippen molar-refractivity contribution in [2.45, 2.75) is 6.18 Å². The van der Waals surface area contributed by atoms with E-state index in [1.165, 1.54) is 24.3 Å². The molecule has 0 aliphatic carbocycles. The minimum absolute atomic E-state index is 0.0228. The molecule has 5 nitrogen and oxygen atoms in total. The fraction of sp³-hybridized carbons (Fsp3) is 0.0667. The maximum absolute atomic E-state index is 13.2. The van der Waals surface area contributed by atoms with Crippen molar-refractivity contribution in [3.8, 4) is 11.8 Å². The molecule has 2 aromatic carbocycles. The number of carbonyl (C=O) groups is 1. The first-order chi connectivity index (χ1) is 11.6. The van der Waals surface area contributed by atoms with Crippen LogP contribution in [-0.2, 0) is 6.18 Å². The molecule has 2 aromatic rings. The molecule has 0 radical (unpaired) electrons. The number of amides is 2. The van der Waals surface area contributed by atoms with Gasteiger partial charge in [0.25, 0.3) is 0 Å². The third-order valence-electron chi connectivity index (χ3n) is 3.19. The van der Waals surface area contributed by atoms with Crippen molar-refractivity contribution < 1.29 is 23.1 Å². The molecule has 3 N–H and O–H groups in total. The van der Waals surface area contributed by atoms with Crippen molar-refractivity contribution in [3.05, 3.63) is 51.5 Å². The van der Waals surface area contributed by atoms with Gasteiger partial charge in [-0.3, -0.25) is 4.90 Å². The average molecular weight is 390 g/mol. The number of nitrogens with zero attached hydrogens (tertiary/aromatic N) is 2. The molecule has 0 bridgehead atoms. The number of halogens is 5. The van der Waals surface area contributed by atoms with Gasteiger partial charge in [-0.25, -0.2) is 4.79 Å². The maximum atomic E-state index is 13.2. The van der Waals surface area contributed by atoms with Gasteiger partial charge in [0.05, 0.1) is 33.1 Å². The molecule has 2 rings (SSSR count). The Morgan fingerprint density at radius 3 is 2.36 bits per heavy atom. The standard InChI is InChI=1S/C15H8Cl2F3N3O2/c16-8-2-1-3-9(12(8)17)23(14(22)25)10-5-4-7(6-21)11(13(10)24)15(18,19)20/h1-5,24H,(H2,22,25). The highest BCUT2D eigenvalue weighted by atomic mass is 35.5. The Morgan fingerprint density at radius 1 is 1.20 bits per heavy atom. The molecule has 0 aromatic heterocycles. The molecule has 2 amide bonds. The van der Waals surface area contributed by atoms with Crippen molar-refractivity contribution in [2.75, 3.05) is 4.90 Å². The van der Waals surface area contributed by atoms with Crippen molar-refractivity contribution in [2.24, 2.45) is 5.73 Å². The molecule has 0 unspecified atom stereocenters. The number of benzene rings is 2. The lowest BCUT2D eigenvalue weighted by Gasteiger charge is -2.24. The summed E-state index contributed by atoms with van der Waals surface area (Å²) in [6.45, 7) is 0. The second-order valence-corrected chi connectivity index (χ2v) is 5.50. The van der Waals surface area contributed by atoms with Crippen LogP contribution in [0, 0.1) is 11.3 Å². The zero-order valence-electron chi connectivity index (χ0n) is 12.1. The Bertz CT molecular complexity index is 895. The summed E-state index contributed by atoms with van der Waals surface area (Å²) in [6, 6.07) is 5.96. The van der Waals surface area contributed by atoms with Crippen LogP contribution in [0.4, 0.5) is 29.3 Å². The molecule has 130 valence electrons. The minimum atomic E-state index is -5.04. The number of primary amides is 1. The average Bonchev–Trinajstić information content (AvgIpc) is 2.51. The van der Waals surface area contributed by atoms with Crippen LogP contribution in [0.5, 0.6) is 5.75 Å². The van der Waals surface area contributed by atoms with Crippen LogP contribution in [0.2, 0.25) is 10.0 Å². The SMILES string of the molecule is N#Cc1ccc(N(C(N)=O)c2cccc(Cl)c2Cl)c(O)c1C(F)(F)F. The van der Waals surface area contributed by atoms with Crippen LogP contribution in [0.25, 0.3) is 0 Å². The first kappa shape index (κ1) is 18.7. The minimum Gasteiger partial charge on any atom is -0.505 e. The molecule has 0 heterocycles. The lowest BCUT2D eigenvalue weighted by Crippen LogP contribution is -2.32. The van der Waals surface area contributed by atoms with E-state index in [1.54, 1.807) is 0 Å². The largest absolute Gasteiger partial charge is 0.505 e. The van der Waals surface area contributed by atoms with Crippen molar-refractivity contribution in [1.29, 1.82) is 5.26 Å². The molecule has 0 aliphatic rings. The van der Waals surface area contributed by atoms with Crippen LogP contribution in [0.1, 0.15) is 11.1 Å². The van der Waals surface area contributed by atoms with Gasteiger partial charge in [-0.2, -0.15) is 18.4 Å². The maximum Gasteiger partial charge on any atom is 0.421 e. The van der Waals surface area contributed by atoms with Gasteiger partial charge < -0.3 is 10.8 Å². The van der Waals surface area contributed by atoms with Gasteiger partial charge in [-0.1, -0.05) is 29.3 Å². The molecular weight excluding hydrogens is 382 g/mol. The van der Waals surface area contributed by atoms with E-state index in [-0.39, 0.29) is 15.7 Å². The summed E-state index contributed by atoms with van der Waals surface area (Å²) < 4.78 is 39.6. The van der Waals surface area contributed by atoms with Crippen LogP contribution < -0.4 is 10.6 Å². The Hall–Kier alpha value is -2.63. The highest BCUT2D eigenvalue weighted by Gasteiger charge is 2.39. The predicted molar refractivity (Wildman–Crippen MR) is 86.0 cm³/mol. The zero-order valence-corrected chi connectivity index (χ0v) is 13.6. The van der Waals surface area contributed by atoms with Crippen LogP contribution in [-0.4, -0.2) is 11.1 Å². The molecule has 0 aliphatic heterocycles. The van der Waals surface area contributed by atoms with E-state index in [0.717, 1.165) is 12.1 Å². The molecule has 25 heavy (non-hydrogen) atoms. The number of aromatic hydroxyl groups is 1. The quantitative estimate of drug-likeness (QED) is 0.772. The van der Waals surface area contributed by atoms with Crippen LogP contribution in [0.15, 0.2) is 30.3 Å². The molecule has 0 atom stereocenters. The van der Waals surface area contributed by atoms with Crippen molar-refractivity contribution in [1.82, 2.24) is 0 Å². The smallest absolute Gasteiger partial charge is 0.421 e. The monoisotopic (exact) mass is 389 g/mol. The number of urea groups is 1. The number of alkyl halides is 3. The van der Waals surface area contributed by atoms with E-state index in [1.807, 2.05) is 0 Å². The first-order valence-electron chi connectivity index (χ1n) is 6.46. The van der Waals surface area contributed by atoms with Gasteiger partial charge in [0.1, 0.15) is 5.56 Å². The number of hydrogen-bond acceptors (Lipinski definition) is 3. The number of phenolic OH excluding ortho intramolecular Hbond substituents is 1. The zero-order chi connectivity index (χ0) is 18.9. The lowest BCUT2D eigenvalue weighted by atomic mass is 10.0. The van der Waals surface area contributed by atoms with Gasteiger partial charge in [-0.05, 0) is 24.3 Å². The number of nitriles is 1. The highest BCUT2D eigenvalue weighted by molar-refractivity contribution is 6.44. The molecule has 10 heteroatoms. The second-order valence-electron chi connectivity index (χ2n) is 4.71. The Morgan fingerprint density at radius 2 is 1.84 bits per heavy atom. The fourth-order valence-corrected chi connectivity index (χ4v) is 2.55. The summed E-state index contributed by atoms with van der Waals surface area (Å²) in [7, 11) is 0. The summed E-state index contributed by atoms with van der Waals surface area (Å²) in [4.78, 5) is 12.4. The van der Waals surface area contributed by atoms with E-state index in [4.69, 9.17) is 34.2 Å². The van der Waals surface area contributed by atoms with Gasteiger partial charge in [-0.15, -0.1) is 0 Å². The molecule has 0 saturated carbocycles. The van der Waals surface area contributed by atoms with Crippen molar-refractivity contribution in [3.63, 3.8) is 0 Å². The Balaban J connectivity index is 2.80. The van der Waals surface area contributed by atoms with Gasteiger partial charge in [0, 0.05) is 0 Å². The number of carbonyl (C=O) groups excluding carboxylic acids is 1. The van der Waals surface area contributed by atoms with Crippen molar-refractivity contribution >= 4 is 40.6 Å². The first-order valence-corrected chi connectivity index (χ1v) is 7.22. The van der Waals surface area contributed by atoms with E-state index in [2.05, 4.69) is 0 Å². The molecular formula is C15H8Cl2F3N3O2. The topological polar surface area (TPSA) is 90.4 Å². The number of phenols is 1. The summed E-state index contributed by atoms with van der Waals surface area (Å²) in [6.07, 6.45) is -5.04.